The van der Waals surface area contributed by atoms with Crippen molar-refractivity contribution in [1.82, 2.24) is 0 Å². The highest BCUT2D eigenvalue weighted by atomic mass is 16.5. The lowest BCUT2D eigenvalue weighted by Crippen LogP contribution is -2.07. The van der Waals surface area contributed by atoms with E-state index < -0.39 is 11.9 Å². The Balaban J connectivity index is 2.44. The molecule has 1 atom stereocenters. The van der Waals surface area contributed by atoms with Crippen LogP contribution in [0.1, 0.15) is 24.0 Å². The Labute approximate surface area is 87.1 Å². The third kappa shape index (κ3) is 1.63. The van der Waals surface area contributed by atoms with Crippen molar-refractivity contribution in [3.63, 3.8) is 0 Å². The second-order valence-corrected chi connectivity index (χ2v) is 3.68. The van der Waals surface area contributed by atoms with E-state index in [9.17, 15) is 9.90 Å². The van der Waals surface area contributed by atoms with Gasteiger partial charge in [-0.1, -0.05) is 0 Å². The zero-order chi connectivity index (χ0) is 11.0. The lowest BCUT2D eigenvalue weighted by Gasteiger charge is -2.10. The Morgan fingerprint density at radius 1 is 1.53 bits per heavy atom. The van der Waals surface area contributed by atoms with Crippen LogP contribution in [-0.4, -0.2) is 22.8 Å². The van der Waals surface area contributed by atoms with Crippen molar-refractivity contribution < 1.29 is 19.7 Å². The molecular weight excluding hydrogens is 196 g/mol. The molecule has 0 bridgehead atoms. The van der Waals surface area contributed by atoms with E-state index in [-0.39, 0.29) is 5.75 Å². The van der Waals surface area contributed by atoms with Crippen molar-refractivity contribution in [3.05, 3.63) is 23.3 Å². The van der Waals surface area contributed by atoms with Crippen LogP contribution in [0.25, 0.3) is 0 Å². The summed E-state index contributed by atoms with van der Waals surface area (Å²) in [6, 6.07) is 3.22. The summed E-state index contributed by atoms with van der Waals surface area (Å²) in [6.45, 7) is 2.15. The number of carboxylic acids is 1. The number of phenolic OH excluding ortho intramolecular Hbond substituents is 1. The number of phenols is 1. The van der Waals surface area contributed by atoms with Gasteiger partial charge in [0.2, 0.25) is 0 Å². The SMILES string of the molecule is CC(C(=O)O)c1cc2c(cc1O)OCC2. The lowest BCUT2D eigenvalue weighted by atomic mass is 9.97. The van der Waals surface area contributed by atoms with Gasteiger partial charge in [0.05, 0.1) is 12.5 Å². The number of ether oxygens (including phenoxy) is 1. The Morgan fingerprint density at radius 2 is 2.27 bits per heavy atom. The minimum absolute atomic E-state index is 0.00875. The zero-order valence-corrected chi connectivity index (χ0v) is 8.36. The second-order valence-electron chi connectivity index (χ2n) is 3.68. The van der Waals surface area contributed by atoms with Crippen molar-refractivity contribution in [3.8, 4) is 11.5 Å². The van der Waals surface area contributed by atoms with Crippen LogP contribution in [0, 0.1) is 0 Å². The van der Waals surface area contributed by atoms with E-state index in [0.717, 1.165) is 12.0 Å². The number of carbonyl (C=O) groups is 1. The van der Waals surface area contributed by atoms with Gasteiger partial charge < -0.3 is 14.9 Å². The van der Waals surface area contributed by atoms with Crippen LogP contribution in [0.4, 0.5) is 0 Å². The molecule has 15 heavy (non-hydrogen) atoms. The molecule has 0 spiro atoms. The first kappa shape index (κ1) is 9.83. The third-order valence-electron chi connectivity index (χ3n) is 2.68. The van der Waals surface area contributed by atoms with Crippen LogP contribution in [0.2, 0.25) is 0 Å². The van der Waals surface area contributed by atoms with Gasteiger partial charge >= 0.3 is 5.97 Å². The minimum atomic E-state index is -0.941. The Hall–Kier alpha value is -1.71. The van der Waals surface area contributed by atoms with E-state index in [1.54, 1.807) is 13.0 Å². The highest BCUT2D eigenvalue weighted by molar-refractivity contribution is 5.77. The predicted octanol–water partition coefficient (Wildman–Crippen LogP) is 1.52. The maximum atomic E-state index is 10.8. The van der Waals surface area contributed by atoms with Crippen LogP contribution in [-0.2, 0) is 11.2 Å². The van der Waals surface area contributed by atoms with Crippen molar-refractivity contribution in [2.24, 2.45) is 0 Å². The van der Waals surface area contributed by atoms with Gasteiger partial charge in [-0.2, -0.15) is 0 Å². The number of rotatable bonds is 2. The molecule has 2 rings (SSSR count). The van der Waals surface area contributed by atoms with Crippen LogP contribution >= 0.6 is 0 Å². The summed E-state index contributed by atoms with van der Waals surface area (Å²) >= 11 is 0. The number of carboxylic acid groups (broad SMARTS) is 1. The molecule has 4 nitrogen and oxygen atoms in total. The highest BCUT2D eigenvalue weighted by Crippen LogP contribution is 2.35. The summed E-state index contributed by atoms with van der Waals surface area (Å²) in [5.41, 5.74) is 1.42. The number of hydrogen-bond donors (Lipinski definition) is 2. The van der Waals surface area contributed by atoms with Crippen LogP contribution in [0.5, 0.6) is 11.5 Å². The number of hydrogen-bond acceptors (Lipinski definition) is 3. The molecule has 0 fully saturated rings. The zero-order valence-electron chi connectivity index (χ0n) is 8.36. The van der Waals surface area contributed by atoms with Crippen molar-refractivity contribution in [2.75, 3.05) is 6.61 Å². The summed E-state index contributed by atoms with van der Waals surface area (Å²) in [7, 11) is 0. The quantitative estimate of drug-likeness (QED) is 0.773. The van der Waals surface area contributed by atoms with Crippen molar-refractivity contribution in [2.45, 2.75) is 19.3 Å². The van der Waals surface area contributed by atoms with E-state index >= 15 is 0 Å². The normalized spacial score (nSPS) is 15.5. The maximum absolute atomic E-state index is 10.8. The molecule has 0 saturated heterocycles. The van der Waals surface area contributed by atoms with Gasteiger partial charge in [-0.15, -0.1) is 0 Å². The number of benzene rings is 1. The van der Waals surface area contributed by atoms with E-state index in [4.69, 9.17) is 9.84 Å². The van der Waals surface area contributed by atoms with Gasteiger partial charge in [0.15, 0.2) is 0 Å². The molecule has 4 heteroatoms. The van der Waals surface area contributed by atoms with E-state index in [1.165, 1.54) is 6.07 Å². The first-order valence-corrected chi connectivity index (χ1v) is 4.81. The van der Waals surface area contributed by atoms with Gasteiger partial charge in [-0.05, 0) is 18.6 Å². The van der Waals surface area contributed by atoms with Gasteiger partial charge in [-0.25, -0.2) is 0 Å². The Kier molecular flexibility index (Phi) is 2.26. The molecule has 0 aliphatic carbocycles. The summed E-state index contributed by atoms with van der Waals surface area (Å²) in [6.07, 6.45) is 0.773. The standard InChI is InChI=1S/C11H12O4/c1-6(11(13)14)8-4-7-2-3-15-10(7)5-9(8)12/h4-6,12H,2-3H2,1H3,(H,13,14). The summed E-state index contributed by atoms with van der Waals surface area (Å²) in [5, 5.41) is 18.5. The van der Waals surface area contributed by atoms with Gasteiger partial charge in [0.1, 0.15) is 11.5 Å². The Morgan fingerprint density at radius 3 is 2.93 bits per heavy atom. The molecule has 1 aliphatic rings. The second kappa shape index (κ2) is 3.46. The fraction of sp³-hybridized carbons (Fsp3) is 0.364. The van der Waals surface area contributed by atoms with Crippen LogP contribution in [0.3, 0.4) is 0 Å². The van der Waals surface area contributed by atoms with Crippen LogP contribution in [0.15, 0.2) is 12.1 Å². The molecule has 80 valence electrons. The molecule has 0 radical (unpaired) electrons. The molecule has 0 aromatic heterocycles. The van der Waals surface area contributed by atoms with Gasteiger partial charge in [-0.3, -0.25) is 4.79 Å². The van der Waals surface area contributed by atoms with E-state index in [0.29, 0.717) is 17.9 Å². The van der Waals surface area contributed by atoms with Gasteiger partial charge in [0.25, 0.3) is 0 Å². The minimum Gasteiger partial charge on any atom is -0.508 e. The maximum Gasteiger partial charge on any atom is 0.310 e. The average molecular weight is 208 g/mol. The van der Waals surface area contributed by atoms with Gasteiger partial charge in [0, 0.05) is 18.1 Å². The molecule has 2 N–H and O–H groups in total. The molecule has 1 aromatic rings. The highest BCUT2D eigenvalue weighted by Gasteiger charge is 2.22. The number of fused-ring (bicyclic) bond motifs is 1. The first-order valence-electron chi connectivity index (χ1n) is 4.81. The molecular formula is C11H12O4. The lowest BCUT2D eigenvalue weighted by molar-refractivity contribution is -0.138. The summed E-state index contributed by atoms with van der Waals surface area (Å²) in [4.78, 5) is 10.8. The average Bonchev–Trinajstić information content (AvgIpc) is 2.62. The van der Waals surface area contributed by atoms with E-state index in [1.807, 2.05) is 0 Å². The largest absolute Gasteiger partial charge is 0.508 e. The first-order chi connectivity index (χ1) is 7.09. The fourth-order valence-electron chi connectivity index (χ4n) is 1.71. The summed E-state index contributed by atoms with van der Waals surface area (Å²) in [5.74, 6) is -0.987. The monoisotopic (exact) mass is 208 g/mol. The van der Waals surface area contributed by atoms with Crippen LogP contribution < -0.4 is 4.74 Å². The number of aromatic hydroxyl groups is 1. The summed E-state index contributed by atoms with van der Waals surface area (Å²) < 4.78 is 5.27. The molecule has 0 saturated carbocycles. The predicted molar refractivity (Wildman–Crippen MR) is 53.4 cm³/mol. The fourth-order valence-corrected chi connectivity index (χ4v) is 1.71. The molecule has 1 heterocycles. The Bertz CT molecular complexity index is 411. The van der Waals surface area contributed by atoms with Crippen molar-refractivity contribution >= 4 is 5.97 Å². The smallest absolute Gasteiger partial charge is 0.310 e. The van der Waals surface area contributed by atoms with Crippen molar-refractivity contribution in [1.29, 1.82) is 0 Å². The third-order valence-corrected chi connectivity index (χ3v) is 2.68. The molecule has 1 aliphatic heterocycles. The topological polar surface area (TPSA) is 66.8 Å². The number of aliphatic carboxylic acids is 1. The molecule has 1 unspecified atom stereocenters. The molecule has 0 amide bonds. The van der Waals surface area contributed by atoms with E-state index in [2.05, 4.69) is 0 Å². The molecule has 1 aromatic carbocycles.